The van der Waals surface area contributed by atoms with Gasteiger partial charge in [0.25, 0.3) is 0 Å². The fourth-order valence-electron chi connectivity index (χ4n) is 9.99. The highest BCUT2D eigenvalue weighted by atomic mass is 16.6. The molecule has 8 rings (SSSR count). The summed E-state index contributed by atoms with van der Waals surface area (Å²) in [6.45, 7) is 1.63. The van der Waals surface area contributed by atoms with Crippen LogP contribution in [-0.2, 0) is 26.3 Å². The van der Waals surface area contributed by atoms with E-state index in [1.54, 1.807) is 14.2 Å². The summed E-state index contributed by atoms with van der Waals surface area (Å²) in [5.41, 5.74) is 2.87. The minimum Gasteiger partial charge on any atom is -0.497 e. The van der Waals surface area contributed by atoms with Gasteiger partial charge in [0.1, 0.15) is 17.6 Å². The molecule has 1 aliphatic heterocycles. The van der Waals surface area contributed by atoms with Crippen LogP contribution in [0.2, 0.25) is 0 Å². The summed E-state index contributed by atoms with van der Waals surface area (Å²) >= 11 is 0. The molecule has 1 spiro atoms. The molecule has 9 nitrogen and oxygen atoms in total. The number of benzene rings is 2. The Morgan fingerprint density at radius 3 is 2.24 bits per heavy atom. The first-order valence-corrected chi connectivity index (χ1v) is 16.5. The summed E-state index contributed by atoms with van der Waals surface area (Å²) in [7, 11) is 3.23. The number of aliphatic carboxylic acids is 1. The van der Waals surface area contributed by atoms with Crippen LogP contribution in [0, 0.1) is 23.2 Å². The molecule has 0 aromatic heterocycles. The van der Waals surface area contributed by atoms with Crippen LogP contribution in [0.3, 0.4) is 0 Å². The minimum absolute atomic E-state index is 0.0214. The number of ether oxygens (including phenoxy) is 3. The number of piperidine rings is 1. The smallest absolute Gasteiger partial charge is 0.410 e. The van der Waals surface area contributed by atoms with Gasteiger partial charge in [-0.15, -0.1) is 0 Å². The van der Waals surface area contributed by atoms with Crippen LogP contribution in [0.1, 0.15) is 80.4 Å². The summed E-state index contributed by atoms with van der Waals surface area (Å²) in [4.78, 5) is 40.7. The summed E-state index contributed by atoms with van der Waals surface area (Å²) in [5, 5.41) is 12.7. The number of fused-ring (bicyclic) bond motifs is 2. The second-order valence-electron chi connectivity index (χ2n) is 14.4. The zero-order chi connectivity index (χ0) is 31.3. The molecular formula is C36H44N2O7. The average molecular weight is 617 g/mol. The lowest BCUT2D eigenvalue weighted by Crippen LogP contribution is -2.59. The van der Waals surface area contributed by atoms with Gasteiger partial charge < -0.3 is 29.5 Å². The fraction of sp³-hybridized carbons (Fsp3) is 0.583. The second-order valence-corrected chi connectivity index (χ2v) is 14.4. The van der Waals surface area contributed by atoms with Gasteiger partial charge in [0.05, 0.1) is 26.1 Å². The van der Waals surface area contributed by atoms with Crippen molar-refractivity contribution in [3.63, 3.8) is 0 Å². The summed E-state index contributed by atoms with van der Waals surface area (Å²) in [6.07, 6.45) is 6.69. The summed E-state index contributed by atoms with van der Waals surface area (Å²) in [5.74, 6) is 1.65. The molecule has 1 saturated heterocycles. The van der Waals surface area contributed by atoms with Crippen LogP contribution in [0.25, 0.3) is 0 Å². The number of carbonyl (C=O) groups excluding carboxylic acids is 2. The molecule has 2 aromatic carbocycles. The predicted octanol–water partition coefficient (Wildman–Crippen LogP) is 5.65. The Kier molecular flexibility index (Phi) is 7.69. The maximum absolute atomic E-state index is 13.7. The quantitative estimate of drug-likeness (QED) is 0.394. The number of likely N-dealkylation sites (tertiary alicyclic amines) is 1. The number of nitrogens with one attached hydrogen (secondary N) is 1. The largest absolute Gasteiger partial charge is 0.497 e. The fourth-order valence-corrected chi connectivity index (χ4v) is 9.99. The molecule has 0 radical (unpaired) electrons. The second kappa shape index (κ2) is 11.6. The van der Waals surface area contributed by atoms with E-state index in [0.29, 0.717) is 37.1 Å². The molecule has 1 heterocycles. The summed E-state index contributed by atoms with van der Waals surface area (Å²) in [6, 6.07) is 13.9. The van der Waals surface area contributed by atoms with Crippen molar-refractivity contribution in [2.24, 2.45) is 23.2 Å². The highest BCUT2D eigenvalue weighted by molar-refractivity contribution is 5.83. The normalized spacial score (nSPS) is 30.5. The van der Waals surface area contributed by atoms with E-state index in [-0.39, 0.29) is 47.7 Å². The first-order valence-electron chi connectivity index (χ1n) is 16.5. The van der Waals surface area contributed by atoms with Crippen LogP contribution in [0.15, 0.2) is 42.5 Å². The maximum Gasteiger partial charge on any atom is 0.410 e. The van der Waals surface area contributed by atoms with E-state index in [1.165, 1.54) is 5.56 Å². The highest BCUT2D eigenvalue weighted by Gasteiger charge is 2.60. The van der Waals surface area contributed by atoms with Crippen LogP contribution >= 0.6 is 0 Å². The molecule has 9 heteroatoms. The number of carboxylic acids is 1. The van der Waals surface area contributed by atoms with Gasteiger partial charge in [-0.2, -0.15) is 0 Å². The molecule has 6 aliphatic rings. The molecule has 2 unspecified atom stereocenters. The topological polar surface area (TPSA) is 114 Å². The third-order valence-electron chi connectivity index (χ3n) is 11.8. The molecule has 5 fully saturated rings. The molecule has 4 bridgehead atoms. The molecule has 2 aromatic rings. The van der Waals surface area contributed by atoms with Crippen LogP contribution in [0.4, 0.5) is 4.79 Å². The Labute approximate surface area is 264 Å². The van der Waals surface area contributed by atoms with Crippen molar-refractivity contribution in [3.8, 4) is 11.5 Å². The lowest BCUT2D eigenvalue weighted by Gasteiger charge is -2.58. The van der Waals surface area contributed by atoms with Crippen molar-refractivity contribution in [1.29, 1.82) is 0 Å². The van der Waals surface area contributed by atoms with Crippen molar-refractivity contribution in [3.05, 3.63) is 59.2 Å². The van der Waals surface area contributed by atoms with Gasteiger partial charge in [-0.05, 0) is 109 Å². The number of carbonyl (C=O) groups is 3. The Hall–Kier alpha value is -3.75. The van der Waals surface area contributed by atoms with Gasteiger partial charge in [0, 0.05) is 25.7 Å². The van der Waals surface area contributed by atoms with Gasteiger partial charge >= 0.3 is 12.1 Å². The van der Waals surface area contributed by atoms with Crippen LogP contribution in [-0.4, -0.2) is 61.4 Å². The Morgan fingerprint density at radius 2 is 1.60 bits per heavy atom. The predicted molar refractivity (Wildman–Crippen MR) is 166 cm³/mol. The van der Waals surface area contributed by atoms with E-state index in [2.05, 4.69) is 17.4 Å². The number of carboxylic acid groups (broad SMARTS) is 1. The zero-order valence-electron chi connectivity index (χ0n) is 26.3. The molecule has 5 aliphatic carbocycles. The molecule has 45 heavy (non-hydrogen) atoms. The van der Waals surface area contributed by atoms with Gasteiger partial charge in [0.2, 0.25) is 5.91 Å². The van der Waals surface area contributed by atoms with Crippen LogP contribution in [0.5, 0.6) is 11.5 Å². The lowest BCUT2D eigenvalue weighted by atomic mass is 9.48. The Bertz CT molecular complexity index is 1440. The van der Waals surface area contributed by atoms with Crippen molar-refractivity contribution < 1.29 is 33.7 Å². The molecular weight excluding hydrogens is 572 g/mol. The van der Waals surface area contributed by atoms with E-state index >= 15 is 0 Å². The molecule has 240 valence electrons. The third kappa shape index (κ3) is 5.42. The Balaban J connectivity index is 0.970. The average Bonchev–Trinajstić information content (AvgIpc) is 3.32. The van der Waals surface area contributed by atoms with Crippen molar-refractivity contribution in [2.75, 3.05) is 27.3 Å². The number of rotatable bonds is 8. The van der Waals surface area contributed by atoms with Gasteiger partial charge in [-0.3, -0.25) is 9.59 Å². The number of hydrogen-bond acceptors (Lipinski definition) is 6. The van der Waals surface area contributed by atoms with Crippen molar-refractivity contribution >= 4 is 18.0 Å². The number of methoxy groups -OCH3 is 2. The standard InChI is InChI=1S/C36H44N2O7/c1-43-27-13-23(14-28(16-27)44-2)21-37-33(41)36-17-22-11-25(19-36)32(26(12-22)20-36)45-34(42)38-9-7-35(8-10-38)18-24(15-31(39)40)29-5-3-4-6-30(29)35/h3-6,13-14,16,22,24-26,32H,7-12,15,17-21H2,1-2H3,(H,37,41)(H,39,40)/t22?,24-,25?,26?,32?,36?/m0/s1. The van der Waals surface area contributed by atoms with Crippen molar-refractivity contribution in [2.45, 2.75) is 81.8 Å². The van der Waals surface area contributed by atoms with E-state index in [0.717, 1.165) is 62.5 Å². The first-order chi connectivity index (χ1) is 21.7. The molecule has 2 N–H and O–H groups in total. The van der Waals surface area contributed by atoms with Gasteiger partial charge in [-0.25, -0.2) is 4.79 Å². The highest BCUT2D eigenvalue weighted by Crippen LogP contribution is 2.61. The van der Waals surface area contributed by atoms with E-state index in [9.17, 15) is 19.5 Å². The first kappa shape index (κ1) is 29.9. The minimum atomic E-state index is -0.764. The maximum atomic E-state index is 13.7. The van der Waals surface area contributed by atoms with E-state index < -0.39 is 11.4 Å². The van der Waals surface area contributed by atoms with E-state index in [4.69, 9.17) is 14.2 Å². The van der Waals surface area contributed by atoms with Crippen molar-refractivity contribution in [1.82, 2.24) is 10.2 Å². The Morgan fingerprint density at radius 1 is 0.933 bits per heavy atom. The third-order valence-corrected chi connectivity index (χ3v) is 11.8. The number of nitrogens with zero attached hydrogens (tertiary/aromatic N) is 1. The monoisotopic (exact) mass is 616 g/mol. The molecule has 3 atom stereocenters. The van der Waals surface area contributed by atoms with Gasteiger partial charge in [-0.1, -0.05) is 24.3 Å². The SMILES string of the molecule is COc1cc(CNC(=O)C23CC4CC(C2)C(OC(=O)N2CCC5(CC2)C[C@H](CC(=O)O)c2ccccc25)C(C4)C3)cc(OC)c1. The van der Waals surface area contributed by atoms with E-state index in [1.807, 2.05) is 35.2 Å². The zero-order valence-corrected chi connectivity index (χ0v) is 26.3. The summed E-state index contributed by atoms with van der Waals surface area (Å²) < 4.78 is 17.1. The molecule has 2 amide bonds. The lowest BCUT2D eigenvalue weighted by molar-refractivity contribution is -0.165. The van der Waals surface area contributed by atoms with Gasteiger partial charge in [0.15, 0.2) is 0 Å². The van der Waals surface area contributed by atoms with Crippen LogP contribution < -0.4 is 14.8 Å². The molecule has 4 saturated carbocycles. The number of amides is 2. The number of hydrogen-bond donors (Lipinski definition) is 2.